The second kappa shape index (κ2) is 3.49. The van der Waals surface area contributed by atoms with Gasteiger partial charge in [0.1, 0.15) is 5.75 Å². The molecule has 1 aromatic carbocycles. The lowest BCUT2D eigenvalue weighted by molar-refractivity contribution is 0.446. The van der Waals surface area contributed by atoms with Crippen molar-refractivity contribution in [3.8, 4) is 5.75 Å². The number of aromatic hydroxyl groups is 1. The zero-order valence-corrected chi connectivity index (χ0v) is 9.39. The van der Waals surface area contributed by atoms with E-state index in [1.165, 1.54) is 0 Å². The number of allylic oxidation sites excluding steroid dienone is 1. The molecule has 0 aromatic heterocycles. The molecule has 0 fully saturated rings. The van der Waals surface area contributed by atoms with Crippen LogP contribution in [0.5, 0.6) is 5.75 Å². The molecule has 14 heavy (non-hydrogen) atoms. The van der Waals surface area contributed by atoms with Crippen molar-refractivity contribution >= 4 is 5.57 Å². The molecule has 0 heterocycles. The van der Waals surface area contributed by atoms with Crippen LogP contribution in [0.2, 0.25) is 0 Å². The average molecular weight is 190 g/mol. The fourth-order valence-corrected chi connectivity index (χ4v) is 1.43. The monoisotopic (exact) mass is 190 g/mol. The lowest BCUT2D eigenvalue weighted by Gasteiger charge is -2.20. The highest BCUT2D eigenvalue weighted by atomic mass is 16.3. The number of benzene rings is 1. The van der Waals surface area contributed by atoms with Crippen LogP contribution >= 0.6 is 0 Å². The highest BCUT2D eigenvalue weighted by molar-refractivity contribution is 5.63. The van der Waals surface area contributed by atoms with Gasteiger partial charge in [0.2, 0.25) is 0 Å². The van der Waals surface area contributed by atoms with E-state index in [4.69, 9.17) is 0 Å². The first-order valence-corrected chi connectivity index (χ1v) is 4.82. The molecule has 0 saturated carbocycles. The van der Waals surface area contributed by atoms with E-state index in [9.17, 15) is 5.11 Å². The van der Waals surface area contributed by atoms with Gasteiger partial charge in [0.05, 0.1) is 0 Å². The Morgan fingerprint density at radius 3 is 2.21 bits per heavy atom. The first-order chi connectivity index (χ1) is 6.32. The summed E-state index contributed by atoms with van der Waals surface area (Å²) in [6, 6.07) is 5.75. The zero-order valence-electron chi connectivity index (χ0n) is 9.39. The number of phenolic OH excluding ortho intramolecular Hbond substituents is 1. The molecule has 1 rings (SSSR count). The Morgan fingerprint density at radius 1 is 1.29 bits per heavy atom. The Kier molecular flexibility index (Phi) is 2.70. The maximum atomic E-state index is 9.83. The summed E-state index contributed by atoms with van der Waals surface area (Å²) in [5.41, 5.74) is 2.93. The van der Waals surface area contributed by atoms with Crippen molar-refractivity contribution in [2.24, 2.45) is 0 Å². The van der Waals surface area contributed by atoms with E-state index >= 15 is 0 Å². The lowest BCUT2D eigenvalue weighted by Crippen LogP contribution is -2.11. The molecule has 0 aliphatic rings. The average Bonchev–Trinajstić information content (AvgIpc) is 2.01. The minimum Gasteiger partial charge on any atom is -0.508 e. The largest absolute Gasteiger partial charge is 0.508 e. The maximum absolute atomic E-state index is 9.83. The van der Waals surface area contributed by atoms with Crippen LogP contribution in [0.4, 0.5) is 0 Å². The third-order valence-corrected chi connectivity index (χ3v) is 2.30. The normalized spacial score (nSPS) is 11.4. The van der Waals surface area contributed by atoms with Crippen LogP contribution in [0, 0.1) is 0 Å². The molecule has 0 radical (unpaired) electrons. The summed E-state index contributed by atoms with van der Waals surface area (Å²) in [4.78, 5) is 0. The van der Waals surface area contributed by atoms with Crippen LogP contribution in [0.25, 0.3) is 5.57 Å². The van der Waals surface area contributed by atoms with Crippen LogP contribution in [0.1, 0.15) is 38.8 Å². The van der Waals surface area contributed by atoms with Gasteiger partial charge in [0.25, 0.3) is 0 Å². The molecular formula is C13H18O. The Balaban J connectivity index is 3.21. The second-order valence-electron chi connectivity index (χ2n) is 4.76. The Hall–Kier alpha value is -1.24. The Morgan fingerprint density at radius 2 is 1.86 bits per heavy atom. The lowest BCUT2D eigenvalue weighted by atomic mass is 9.85. The van der Waals surface area contributed by atoms with Gasteiger partial charge in [-0.25, -0.2) is 0 Å². The summed E-state index contributed by atoms with van der Waals surface area (Å²) in [5, 5.41) is 9.83. The van der Waals surface area contributed by atoms with E-state index in [-0.39, 0.29) is 5.41 Å². The summed E-state index contributed by atoms with van der Waals surface area (Å²) in [7, 11) is 0. The molecule has 0 aliphatic heterocycles. The van der Waals surface area contributed by atoms with Gasteiger partial charge >= 0.3 is 0 Å². The third kappa shape index (κ3) is 2.16. The van der Waals surface area contributed by atoms with Crippen molar-refractivity contribution in [3.05, 3.63) is 35.9 Å². The van der Waals surface area contributed by atoms with Crippen LogP contribution in [0.3, 0.4) is 0 Å². The van der Waals surface area contributed by atoms with E-state index < -0.39 is 0 Å². The van der Waals surface area contributed by atoms with Crippen LogP contribution < -0.4 is 0 Å². The van der Waals surface area contributed by atoms with Crippen molar-refractivity contribution in [3.63, 3.8) is 0 Å². The summed E-state index contributed by atoms with van der Waals surface area (Å²) < 4.78 is 0. The molecule has 0 spiro atoms. The molecule has 76 valence electrons. The van der Waals surface area contributed by atoms with Crippen molar-refractivity contribution < 1.29 is 5.11 Å². The van der Waals surface area contributed by atoms with Crippen molar-refractivity contribution in [2.75, 3.05) is 0 Å². The van der Waals surface area contributed by atoms with Crippen molar-refractivity contribution in [2.45, 2.75) is 33.1 Å². The van der Waals surface area contributed by atoms with Gasteiger partial charge in [0.15, 0.2) is 0 Å². The Bertz CT molecular complexity index is 356. The van der Waals surface area contributed by atoms with Crippen molar-refractivity contribution in [1.29, 1.82) is 0 Å². The van der Waals surface area contributed by atoms with Gasteiger partial charge in [0, 0.05) is 0 Å². The smallest absolute Gasteiger partial charge is 0.119 e. The van der Waals surface area contributed by atoms with Gasteiger partial charge in [-0.3, -0.25) is 0 Å². The number of hydrogen-bond acceptors (Lipinski definition) is 1. The molecule has 0 saturated heterocycles. The minimum atomic E-state index is -0.0162. The quantitative estimate of drug-likeness (QED) is 0.715. The van der Waals surface area contributed by atoms with Gasteiger partial charge < -0.3 is 5.11 Å². The first kappa shape index (κ1) is 10.8. The highest BCUT2D eigenvalue weighted by Crippen LogP contribution is 2.32. The maximum Gasteiger partial charge on any atom is 0.119 e. The fourth-order valence-electron chi connectivity index (χ4n) is 1.43. The van der Waals surface area contributed by atoms with E-state index in [1.54, 1.807) is 6.07 Å². The first-order valence-electron chi connectivity index (χ1n) is 4.82. The van der Waals surface area contributed by atoms with Gasteiger partial charge in [-0.2, -0.15) is 0 Å². The van der Waals surface area contributed by atoms with Gasteiger partial charge in [-0.1, -0.05) is 45.1 Å². The van der Waals surface area contributed by atoms with Crippen molar-refractivity contribution in [1.82, 2.24) is 0 Å². The standard InChI is InChI=1S/C13H18O/c1-9(2)10-6-7-11(12(14)8-10)13(3,4)5/h6-8,14H,1H2,2-5H3. The zero-order chi connectivity index (χ0) is 10.9. The van der Waals surface area contributed by atoms with Crippen LogP contribution in [0.15, 0.2) is 24.8 Å². The minimum absolute atomic E-state index is 0.0162. The molecule has 0 unspecified atom stereocenters. The van der Waals surface area contributed by atoms with Gasteiger partial charge in [-0.05, 0) is 29.5 Å². The highest BCUT2D eigenvalue weighted by Gasteiger charge is 2.17. The SMILES string of the molecule is C=C(C)c1ccc(C(C)(C)C)c(O)c1. The molecule has 0 atom stereocenters. The molecule has 1 heteroatoms. The molecule has 1 nitrogen and oxygen atoms in total. The van der Waals surface area contributed by atoms with Crippen LogP contribution in [-0.2, 0) is 5.41 Å². The second-order valence-corrected chi connectivity index (χ2v) is 4.76. The molecule has 0 aliphatic carbocycles. The Labute approximate surface area is 86.1 Å². The molecule has 1 N–H and O–H groups in total. The topological polar surface area (TPSA) is 20.2 Å². The van der Waals surface area contributed by atoms with Gasteiger partial charge in [-0.15, -0.1) is 0 Å². The predicted molar refractivity (Wildman–Crippen MR) is 61.5 cm³/mol. The number of rotatable bonds is 1. The van der Waals surface area contributed by atoms with E-state index in [1.807, 2.05) is 19.1 Å². The third-order valence-electron chi connectivity index (χ3n) is 2.30. The fraction of sp³-hybridized carbons (Fsp3) is 0.385. The van der Waals surface area contributed by atoms with E-state index in [2.05, 4.69) is 27.4 Å². The number of hydrogen-bond donors (Lipinski definition) is 1. The summed E-state index contributed by atoms with van der Waals surface area (Å²) in [5.74, 6) is 0.359. The summed E-state index contributed by atoms with van der Waals surface area (Å²) in [6.45, 7) is 12.0. The molecule has 0 bridgehead atoms. The summed E-state index contributed by atoms with van der Waals surface area (Å²) in [6.07, 6.45) is 0. The molecular weight excluding hydrogens is 172 g/mol. The summed E-state index contributed by atoms with van der Waals surface area (Å²) >= 11 is 0. The van der Waals surface area contributed by atoms with E-state index in [0.717, 1.165) is 16.7 Å². The molecule has 0 amide bonds. The van der Waals surface area contributed by atoms with E-state index in [0.29, 0.717) is 5.75 Å². The van der Waals surface area contributed by atoms with Crippen LogP contribution in [-0.4, -0.2) is 5.11 Å². The molecule has 1 aromatic rings. The number of phenols is 1. The predicted octanol–water partition coefficient (Wildman–Crippen LogP) is 3.72.